The van der Waals surface area contributed by atoms with E-state index in [4.69, 9.17) is 5.73 Å². The van der Waals surface area contributed by atoms with E-state index < -0.39 is 0 Å². The summed E-state index contributed by atoms with van der Waals surface area (Å²) in [5, 5.41) is 2.89. The maximum atomic E-state index is 11.5. The molecule has 3 N–H and O–H groups in total. The molecule has 1 aromatic carbocycles. The molecule has 0 bridgehead atoms. The molecule has 1 heterocycles. The Hall–Kier alpha value is -1.55. The van der Waals surface area contributed by atoms with E-state index >= 15 is 0 Å². The summed E-state index contributed by atoms with van der Waals surface area (Å²) in [7, 11) is 0. The highest BCUT2D eigenvalue weighted by Gasteiger charge is 2.17. The topological polar surface area (TPSA) is 58.4 Å². The van der Waals surface area contributed by atoms with Gasteiger partial charge in [0.05, 0.1) is 6.04 Å². The number of carbonyl (C=O) groups is 1. The van der Waals surface area contributed by atoms with Crippen molar-refractivity contribution in [2.75, 3.05) is 24.5 Å². The van der Waals surface area contributed by atoms with Crippen molar-refractivity contribution in [2.45, 2.75) is 32.2 Å². The van der Waals surface area contributed by atoms with Crippen LogP contribution in [0.3, 0.4) is 0 Å². The fourth-order valence-corrected chi connectivity index (χ4v) is 2.44. The highest BCUT2D eigenvalue weighted by Crippen LogP contribution is 2.27. The van der Waals surface area contributed by atoms with Crippen molar-refractivity contribution in [3.8, 4) is 0 Å². The van der Waals surface area contributed by atoms with Crippen LogP contribution in [-0.2, 0) is 11.2 Å². The molecule has 1 unspecified atom stereocenters. The first-order valence-electron chi connectivity index (χ1n) is 7.08. The lowest BCUT2D eigenvalue weighted by Crippen LogP contribution is -2.41. The third-order valence-corrected chi connectivity index (χ3v) is 3.66. The monoisotopic (exact) mass is 261 g/mol. The maximum absolute atomic E-state index is 11.5. The molecule has 1 aliphatic heterocycles. The summed E-state index contributed by atoms with van der Waals surface area (Å²) in [5.41, 5.74) is 8.44. The summed E-state index contributed by atoms with van der Waals surface area (Å²) >= 11 is 0. The predicted molar refractivity (Wildman–Crippen MR) is 78.3 cm³/mol. The lowest BCUT2D eigenvalue weighted by molar-refractivity contribution is -0.122. The van der Waals surface area contributed by atoms with Gasteiger partial charge in [0.1, 0.15) is 0 Å². The van der Waals surface area contributed by atoms with Crippen molar-refractivity contribution in [1.82, 2.24) is 5.32 Å². The number of carbonyl (C=O) groups excluding carboxylic acids is 1. The van der Waals surface area contributed by atoms with E-state index in [0.29, 0.717) is 13.0 Å². The van der Waals surface area contributed by atoms with Crippen LogP contribution in [0.25, 0.3) is 0 Å². The summed E-state index contributed by atoms with van der Waals surface area (Å²) in [6, 6.07) is 8.17. The minimum atomic E-state index is -0.368. The largest absolute Gasteiger partial charge is 0.371 e. The number of nitrogens with zero attached hydrogens (tertiary/aromatic N) is 1. The summed E-state index contributed by atoms with van der Waals surface area (Å²) < 4.78 is 0. The van der Waals surface area contributed by atoms with Crippen LogP contribution in [0.2, 0.25) is 0 Å². The van der Waals surface area contributed by atoms with Crippen LogP contribution < -0.4 is 16.0 Å². The molecule has 0 fully saturated rings. The Bertz CT molecular complexity index is 433. The molecule has 1 amide bonds. The van der Waals surface area contributed by atoms with Gasteiger partial charge in [-0.3, -0.25) is 4.79 Å². The predicted octanol–water partition coefficient (Wildman–Crippen LogP) is 1.29. The Morgan fingerprint density at radius 1 is 1.47 bits per heavy atom. The summed E-state index contributed by atoms with van der Waals surface area (Å²) in [5.74, 6) is -0.0377. The van der Waals surface area contributed by atoms with Crippen LogP contribution >= 0.6 is 0 Å². The van der Waals surface area contributed by atoms with Crippen molar-refractivity contribution in [3.63, 3.8) is 0 Å². The molecule has 0 saturated heterocycles. The zero-order valence-electron chi connectivity index (χ0n) is 11.6. The Morgan fingerprint density at radius 3 is 3.05 bits per heavy atom. The lowest BCUT2D eigenvalue weighted by Gasteiger charge is -2.19. The van der Waals surface area contributed by atoms with Gasteiger partial charge in [0, 0.05) is 25.3 Å². The minimum Gasteiger partial charge on any atom is -0.371 e. The number of anilines is 1. The Balaban J connectivity index is 1.72. The summed E-state index contributed by atoms with van der Waals surface area (Å²) in [4.78, 5) is 13.9. The van der Waals surface area contributed by atoms with Gasteiger partial charge in [0.15, 0.2) is 0 Å². The molecule has 1 atom stereocenters. The SMILES string of the molecule is CCC(N)C(=O)NCCCN1CCc2ccccc21. The van der Waals surface area contributed by atoms with Crippen molar-refractivity contribution in [3.05, 3.63) is 29.8 Å². The average molecular weight is 261 g/mol. The van der Waals surface area contributed by atoms with Crippen LogP contribution in [0.15, 0.2) is 24.3 Å². The normalized spacial score (nSPS) is 15.2. The van der Waals surface area contributed by atoms with E-state index in [0.717, 1.165) is 25.9 Å². The van der Waals surface area contributed by atoms with Crippen molar-refractivity contribution in [2.24, 2.45) is 5.73 Å². The third kappa shape index (κ3) is 3.47. The molecule has 1 aliphatic rings. The minimum absolute atomic E-state index is 0.0377. The molecule has 19 heavy (non-hydrogen) atoms. The first-order chi connectivity index (χ1) is 9.22. The number of rotatable bonds is 6. The number of nitrogens with two attached hydrogens (primary N) is 1. The maximum Gasteiger partial charge on any atom is 0.236 e. The molecule has 4 nitrogen and oxygen atoms in total. The van der Waals surface area contributed by atoms with Gasteiger partial charge in [-0.05, 0) is 30.9 Å². The number of para-hydroxylation sites is 1. The van der Waals surface area contributed by atoms with Crippen LogP contribution in [0.1, 0.15) is 25.3 Å². The van der Waals surface area contributed by atoms with Gasteiger partial charge in [0.25, 0.3) is 0 Å². The second-order valence-corrected chi connectivity index (χ2v) is 5.03. The highest BCUT2D eigenvalue weighted by molar-refractivity contribution is 5.81. The van der Waals surface area contributed by atoms with E-state index in [2.05, 4.69) is 34.5 Å². The number of benzene rings is 1. The second kappa shape index (κ2) is 6.57. The number of hydrogen-bond acceptors (Lipinski definition) is 3. The van der Waals surface area contributed by atoms with E-state index in [1.807, 2.05) is 6.92 Å². The van der Waals surface area contributed by atoms with E-state index in [1.165, 1.54) is 11.3 Å². The smallest absolute Gasteiger partial charge is 0.236 e. The van der Waals surface area contributed by atoms with Gasteiger partial charge in [-0.25, -0.2) is 0 Å². The first kappa shape index (κ1) is 13.9. The summed E-state index contributed by atoms with van der Waals surface area (Å²) in [6.45, 7) is 4.69. The molecule has 0 radical (unpaired) electrons. The van der Waals surface area contributed by atoms with E-state index in [1.54, 1.807) is 0 Å². The van der Waals surface area contributed by atoms with Crippen molar-refractivity contribution >= 4 is 11.6 Å². The molecule has 1 aromatic rings. The lowest BCUT2D eigenvalue weighted by atomic mass is 10.2. The first-order valence-corrected chi connectivity index (χ1v) is 7.08. The molecule has 0 aliphatic carbocycles. The zero-order valence-corrected chi connectivity index (χ0v) is 11.6. The molecule has 0 spiro atoms. The van der Waals surface area contributed by atoms with Gasteiger partial charge in [0.2, 0.25) is 5.91 Å². The van der Waals surface area contributed by atoms with Gasteiger partial charge in [-0.15, -0.1) is 0 Å². The molecule has 0 saturated carbocycles. The van der Waals surface area contributed by atoms with Crippen LogP contribution in [0.4, 0.5) is 5.69 Å². The molecular weight excluding hydrogens is 238 g/mol. The van der Waals surface area contributed by atoms with Crippen molar-refractivity contribution in [1.29, 1.82) is 0 Å². The third-order valence-electron chi connectivity index (χ3n) is 3.66. The molecule has 4 heteroatoms. The zero-order chi connectivity index (χ0) is 13.7. The molecule has 2 rings (SSSR count). The number of hydrogen-bond donors (Lipinski definition) is 2. The standard InChI is InChI=1S/C15H23N3O/c1-2-13(16)15(19)17-9-5-10-18-11-8-12-6-3-4-7-14(12)18/h3-4,6-7,13H,2,5,8-11,16H2,1H3,(H,17,19). The van der Waals surface area contributed by atoms with Gasteiger partial charge >= 0.3 is 0 Å². The Labute approximate surface area is 115 Å². The van der Waals surface area contributed by atoms with Crippen LogP contribution in [-0.4, -0.2) is 31.6 Å². The second-order valence-electron chi connectivity index (χ2n) is 5.03. The summed E-state index contributed by atoms with van der Waals surface area (Å²) in [6.07, 6.45) is 2.77. The molecule has 104 valence electrons. The number of nitrogens with one attached hydrogen (secondary N) is 1. The number of amides is 1. The average Bonchev–Trinajstić information content (AvgIpc) is 2.86. The fourth-order valence-electron chi connectivity index (χ4n) is 2.44. The molecule has 0 aromatic heterocycles. The highest BCUT2D eigenvalue weighted by atomic mass is 16.2. The number of fused-ring (bicyclic) bond motifs is 1. The van der Waals surface area contributed by atoms with E-state index in [-0.39, 0.29) is 11.9 Å². The van der Waals surface area contributed by atoms with Gasteiger partial charge in [-0.2, -0.15) is 0 Å². The quantitative estimate of drug-likeness (QED) is 0.759. The van der Waals surface area contributed by atoms with Crippen LogP contribution in [0, 0.1) is 0 Å². The van der Waals surface area contributed by atoms with Crippen LogP contribution in [0.5, 0.6) is 0 Å². The van der Waals surface area contributed by atoms with Gasteiger partial charge < -0.3 is 16.0 Å². The Morgan fingerprint density at radius 2 is 2.26 bits per heavy atom. The fraction of sp³-hybridized carbons (Fsp3) is 0.533. The van der Waals surface area contributed by atoms with Crippen molar-refractivity contribution < 1.29 is 4.79 Å². The van der Waals surface area contributed by atoms with E-state index in [9.17, 15) is 4.79 Å². The molecular formula is C15H23N3O. The van der Waals surface area contributed by atoms with Gasteiger partial charge in [-0.1, -0.05) is 25.1 Å². The Kier molecular flexibility index (Phi) is 4.80.